The van der Waals surface area contributed by atoms with Gasteiger partial charge in [0.25, 0.3) is 11.8 Å². The van der Waals surface area contributed by atoms with Crippen LogP contribution in [0.2, 0.25) is 0 Å². The number of phenolic OH excluding ortho intramolecular Hbond substituents is 1. The van der Waals surface area contributed by atoms with Crippen LogP contribution >= 0.6 is 11.3 Å². The van der Waals surface area contributed by atoms with Crippen LogP contribution in [0.4, 0.5) is 10.8 Å². The first-order valence-corrected chi connectivity index (χ1v) is 10.0. The van der Waals surface area contributed by atoms with E-state index in [4.69, 9.17) is 5.73 Å². The zero-order valence-corrected chi connectivity index (χ0v) is 16.5. The van der Waals surface area contributed by atoms with Crippen molar-refractivity contribution in [3.63, 3.8) is 0 Å². The Morgan fingerprint density at radius 3 is 2.66 bits per heavy atom. The number of para-hydroxylation sites is 1. The number of nitrogens with two attached hydrogens (primary N) is 1. The van der Waals surface area contributed by atoms with Crippen LogP contribution in [0.1, 0.15) is 38.4 Å². The number of carbonyl (C=O) groups excluding carboxylic acids is 2. The number of phenols is 1. The lowest BCUT2D eigenvalue weighted by Gasteiger charge is -2.10. The fraction of sp³-hybridized carbons (Fsp3) is 0.190. The maximum Gasteiger partial charge on any atom is 0.261 e. The summed E-state index contributed by atoms with van der Waals surface area (Å²) in [7, 11) is 0. The molecule has 1 aliphatic rings. The molecule has 0 radical (unpaired) electrons. The molecule has 1 fully saturated rings. The highest BCUT2D eigenvalue weighted by molar-refractivity contribution is 7.18. The van der Waals surface area contributed by atoms with E-state index in [9.17, 15) is 14.7 Å². The molecule has 1 saturated carbocycles. The number of aryl methyl sites for hydroxylation is 1. The first-order valence-electron chi connectivity index (χ1n) is 9.20. The third kappa shape index (κ3) is 4.07. The van der Waals surface area contributed by atoms with E-state index in [1.165, 1.54) is 6.07 Å². The summed E-state index contributed by atoms with van der Waals surface area (Å²) in [5.74, 6) is -0.715. The van der Waals surface area contributed by atoms with Crippen LogP contribution in [0.15, 0.2) is 42.5 Å². The topological polar surface area (TPSA) is 117 Å². The average molecular weight is 408 g/mol. The lowest BCUT2D eigenvalue weighted by atomic mass is 10.1. The normalized spacial score (nSPS) is 13.1. The monoisotopic (exact) mass is 408 g/mol. The van der Waals surface area contributed by atoms with Gasteiger partial charge in [-0.2, -0.15) is 0 Å². The summed E-state index contributed by atoms with van der Waals surface area (Å²) < 4.78 is 0. The van der Waals surface area contributed by atoms with Gasteiger partial charge in [-0.15, -0.1) is 0 Å². The van der Waals surface area contributed by atoms with Crippen molar-refractivity contribution < 1.29 is 14.7 Å². The molecule has 1 heterocycles. The van der Waals surface area contributed by atoms with E-state index >= 15 is 0 Å². The number of hydrogen-bond donors (Lipinski definition) is 4. The van der Waals surface area contributed by atoms with Crippen molar-refractivity contribution in [2.75, 3.05) is 5.32 Å². The number of thiazole rings is 1. The number of amides is 2. The molecular weight excluding hydrogens is 388 g/mol. The standard InChI is InChI=1S/C21H20N4O3S/c1-11-6-7-12(20(28)23-13-8-9-13)10-15(11)24-21-25-17(18(29-21)19(22)27)14-4-2-3-5-16(14)26/h2-7,10,13,26H,8-9H2,1H3,(H2,22,27)(H,23,28)(H,24,25). The van der Waals surface area contributed by atoms with E-state index in [0.29, 0.717) is 27.6 Å². The molecule has 0 saturated heterocycles. The summed E-state index contributed by atoms with van der Waals surface area (Å²) >= 11 is 1.10. The molecule has 0 unspecified atom stereocenters. The number of benzene rings is 2. The Bertz CT molecular complexity index is 1110. The highest BCUT2D eigenvalue weighted by Crippen LogP contribution is 2.37. The number of aromatic hydroxyl groups is 1. The number of nitrogens with zero attached hydrogens (tertiary/aromatic N) is 1. The van der Waals surface area contributed by atoms with E-state index in [2.05, 4.69) is 15.6 Å². The highest BCUT2D eigenvalue weighted by atomic mass is 32.1. The molecule has 7 nitrogen and oxygen atoms in total. The van der Waals surface area contributed by atoms with Gasteiger partial charge in [-0.05, 0) is 49.6 Å². The molecule has 2 amide bonds. The van der Waals surface area contributed by atoms with Gasteiger partial charge < -0.3 is 21.5 Å². The van der Waals surface area contributed by atoms with Crippen molar-refractivity contribution in [1.82, 2.24) is 10.3 Å². The number of carbonyl (C=O) groups is 2. The summed E-state index contributed by atoms with van der Waals surface area (Å²) in [6, 6.07) is 12.3. The summed E-state index contributed by atoms with van der Waals surface area (Å²) in [6.45, 7) is 1.91. The van der Waals surface area contributed by atoms with Crippen LogP contribution in [0.3, 0.4) is 0 Å². The Morgan fingerprint density at radius 2 is 1.97 bits per heavy atom. The second-order valence-corrected chi connectivity index (χ2v) is 7.98. The molecule has 29 heavy (non-hydrogen) atoms. The lowest BCUT2D eigenvalue weighted by Crippen LogP contribution is -2.25. The molecule has 2 aromatic carbocycles. The Balaban J connectivity index is 1.66. The average Bonchev–Trinajstić information content (AvgIpc) is 3.40. The van der Waals surface area contributed by atoms with Crippen molar-refractivity contribution in [2.45, 2.75) is 25.8 Å². The maximum atomic E-state index is 12.3. The molecule has 0 aliphatic heterocycles. The Hall–Kier alpha value is -3.39. The molecule has 1 aromatic heterocycles. The molecule has 148 valence electrons. The molecule has 0 spiro atoms. The zero-order chi connectivity index (χ0) is 20.5. The van der Waals surface area contributed by atoms with Crippen LogP contribution in [0.25, 0.3) is 11.3 Å². The van der Waals surface area contributed by atoms with Crippen LogP contribution < -0.4 is 16.4 Å². The van der Waals surface area contributed by atoms with Gasteiger partial charge in [0, 0.05) is 22.9 Å². The molecule has 0 bridgehead atoms. The van der Waals surface area contributed by atoms with E-state index in [-0.39, 0.29) is 22.6 Å². The third-order valence-electron chi connectivity index (χ3n) is 4.66. The number of aromatic nitrogens is 1. The quantitative estimate of drug-likeness (QED) is 0.497. The molecular formula is C21H20N4O3S. The third-order valence-corrected chi connectivity index (χ3v) is 5.65. The molecule has 8 heteroatoms. The SMILES string of the molecule is Cc1ccc(C(=O)NC2CC2)cc1Nc1nc(-c2ccccc2O)c(C(N)=O)s1. The summed E-state index contributed by atoms with van der Waals surface area (Å²) in [4.78, 5) is 29.0. The van der Waals surface area contributed by atoms with E-state index in [1.54, 1.807) is 30.3 Å². The molecule has 5 N–H and O–H groups in total. The largest absolute Gasteiger partial charge is 0.507 e. The number of hydrogen-bond acceptors (Lipinski definition) is 6. The second kappa shape index (κ2) is 7.56. The minimum Gasteiger partial charge on any atom is -0.507 e. The maximum absolute atomic E-state index is 12.3. The van der Waals surface area contributed by atoms with Crippen LogP contribution in [0, 0.1) is 6.92 Å². The number of nitrogens with one attached hydrogen (secondary N) is 2. The summed E-state index contributed by atoms with van der Waals surface area (Å²) in [5.41, 5.74) is 8.46. The number of anilines is 2. The van der Waals surface area contributed by atoms with Gasteiger partial charge in [0.2, 0.25) is 0 Å². The van der Waals surface area contributed by atoms with Crippen molar-refractivity contribution in [3.05, 3.63) is 58.5 Å². The van der Waals surface area contributed by atoms with Gasteiger partial charge in [-0.1, -0.05) is 29.5 Å². The Morgan fingerprint density at radius 1 is 1.21 bits per heavy atom. The van der Waals surface area contributed by atoms with Crippen molar-refractivity contribution in [3.8, 4) is 17.0 Å². The first-order chi connectivity index (χ1) is 13.9. The Kier molecular flexibility index (Phi) is 4.94. The fourth-order valence-electron chi connectivity index (χ4n) is 2.91. The number of primary amides is 1. The van der Waals surface area contributed by atoms with Gasteiger partial charge in [0.15, 0.2) is 5.13 Å². The van der Waals surface area contributed by atoms with E-state index < -0.39 is 5.91 Å². The van der Waals surface area contributed by atoms with E-state index in [1.807, 2.05) is 13.0 Å². The zero-order valence-electron chi connectivity index (χ0n) is 15.7. The number of rotatable bonds is 6. The minimum absolute atomic E-state index is 0.0155. The smallest absolute Gasteiger partial charge is 0.261 e. The van der Waals surface area contributed by atoms with Crippen LogP contribution in [-0.2, 0) is 0 Å². The minimum atomic E-state index is -0.622. The fourth-order valence-corrected chi connectivity index (χ4v) is 3.75. The summed E-state index contributed by atoms with van der Waals surface area (Å²) in [6.07, 6.45) is 2.04. The molecule has 3 aromatic rings. The summed E-state index contributed by atoms with van der Waals surface area (Å²) in [5, 5.41) is 16.7. The van der Waals surface area contributed by atoms with Crippen molar-refractivity contribution in [2.24, 2.45) is 5.73 Å². The molecule has 4 rings (SSSR count). The molecule has 1 aliphatic carbocycles. The van der Waals surface area contributed by atoms with Crippen molar-refractivity contribution in [1.29, 1.82) is 0 Å². The van der Waals surface area contributed by atoms with Crippen molar-refractivity contribution >= 4 is 34.0 Å². The Labute approximate surface area is 171 Å². The van der Waals surface area contributed by atoms with Gasteiger partial charge in [0.05, 0.1) is 0 Å². The van der Waals surface area contributed by atoms with Gasteiger partial charge in [-0.3, -0.25) is 9.59 Å². The van der Waals surface area contributed by atoms with Crippen LogP contribution in [-0.4, -0.2) is 27.9 Å². The predicted molar refractivity (Wildman–Crippen MR) is 113 cm³/mol. The van der Waals surface area contributed by atoms with Gasteiger partial charge in [0.1, 0.15) is 16.3 Å². The van der Waals surface area contributed by atoms with E-state index in [0.717, 1.165) is 29.7 Å². The van der Waals surface area contributed by atoms with Crippen LogP contribution in [0.5, 0.6) is 5.75 Å². The first kappa shape index (κ1) is 18.9. The predicted octanol–water partition coefficient (Wildman–Crippen LogP) is 3.56. The highest BCUT2D eigenvalue weighted by Gasteiger charge is 2.24. The van der Waals surface area contributed by atoms with Gasteiger partial charge in [-0.25, -0.2) is 4.98 Å². The second-order valence-electron chi connectivity index (χ2n) is 6.98. The van der Waals surface area contributed by atoms with Gasteiger partial charge >= 0.3 is 0 Å². The lowest BCUT2D eigenvalue weighted by molar-refractivity contribution is 0.0950. The molecule has 0 atom stereocenters.